The van der Waals surface area contributed by atoms with Gasteiger partial charge in [0.2, 0.25) is 17.7 Å². The first-order valence-electron chi connectivity index (χ1n) is 11.8. The van der Waals surface area contributed by atoms with Crippen molar-refractivity contribution in [3.05, 3.63) is 64.1 Å². The fourth-order valence-corrected chi connectivity index (χ4v) is 5.30. The number of fused-ring (bicyclic) bond motifs is 1. The summed E-state index contributed by atoms with van der Waals surface area (Å²) in [6.07, 6.45) is 6.77. The lowest BCUT2D eigenvalue weighted by molar-refractivity contribution is -0.140. The van der Waals surface area contributed by atoms with Crippen molar-refractivity contribution in [1.82, 2.24) is 19.6 Å². The molecule has 2 aromatic rings. The molecule has 1 aromatic heterocycles. The minimum absolute atomic E-state index is 0.0886. The molecule has 3 amide bonds. The molecule has 35 heavy (non-hydrogen) atoms. The maximum atomic E-state index is 12.8. The van der Waals surface area contributed by atoms with Crippen LogP contribution in [0.25, 0.3) is 5.69 Å². The zero-order valence-electron chi connectivity index (χ0n) is 19.2. The average Bonchev–Trinajstić information content (AvgIpc) is 3.14. The number of piperazine rings is 1. The Morgan fingerprint density at radius 2 is 1.57 bits per heavy atom. The molecule has 0 spiro atoms. The number of para-hydroxylation sites is 1. The summed E-state index contributed by atoms with van der Waals surface area (Å²) in [4.78, 5) is 55.7. The quantitative estimate of drug-likeness (QED) is 0.464. The molecule has 0 saturated carbocycles. The lowest BCUT2D eigenvalue weighted by Gasteiger charge is -2.36. The van der Waals surface area contributed by atoms with Gasteiger partial charge in [-0.25, -0.2) is 0 Å². The molecule has 3 heterocycles. The number of aromatic nitrogens is 2. The van der Waals surface area contributed by atoms with E-state index in [4.69, 9.17) is 11.6 Å². The Balaban J connectivity index is 1.17. The number of benzene rings is 1. The van der Waals surface area contributed by atoms with Gasteiger partial charge < -0.3 is 9.80 Å². The summed E-state index contributed by atoms with van der Waals surface area (Å²) in [6.45, 7) is 2.03. The van der Waals surface area contributed by atoms with Crippen molar-refractivity contribution in [2.45, 2.75) is 19.3 Å². The number of carbonyl (C=O) groups is 3. The smallest absolute Gasteiger partial charge is 0.292 e. The second-order valence-corrected chi connectivity index (χ2v) is 9.38. The van der Waals surface area contributed by atoms with E-state index in [0.717, 1.165) is 0 Å². The second kappa shape index (κ2) is 9.65. The Hall–Kier alpha value is -3.46. The van der Waals surface area contributed by atoms with E-state index in [2.05, 4.69) is 5.10 Å². The molecule has 0 unspecified atom stereocenters. The maximum Gasteiger partial charge on any atom is 0.292 e. The predicted octanol–water partition coefficient (Wildman–Crippen LogP) is 1.88. The molecule has 3 aliphatic rings. The van der Waals surface area contributed by atoms with E-state index in [9.17, 15) is 19.2 Å². The van der Waals surface area contributed by atoms with Crippen LogP contribution in [0, 0.1) is 11.8 Å². The third-order valence-corrected chi connectivity index (χ3v) is 7.38. The number of nitrogens with zero attached hydrogens (tertiary/aromatic N) is 5. The summed E-state index contributed by atoms with van der Waals surface area (Å²) in [5.41, 5.74) is 0.775. The number of hydrogen-bond donors (Lipinski definition) is 0. The molecule has 2 fully saturated rings. The number of halogens is 1. The monoisotopic (exact) mass is 495 g/mol. The van der Waals surface area contributed by atoms with Gasteiger partial charge in [-0.1, -0.05) is 42.0 Å². The fraction of sp³-hybridized carbons (Fsp3) is 0.400. The van der Waals surface area contributed by atoms with E-state index in [0.29, 0.717) is 50.4 Å². The molecule has 0 radical (unpaired) electrons. The van der Waals surface area contributed by atoms with Crippen LogP contribution in [0.1, 0.15) is 19.3 Å². The number of rotatable bonds is 5. The van der Waals surface area contributed by atoms with E-state index in [1.54, 1.807) is 23.2 Å². The van der Waals surface area contributed by atoms with Crippen LogP contribution in [0.15, 0.2) is 53.5 Å². The summed E-state index contributed by atoms with van der Waals surface area (Å²) >= 11 is 6.41. The highest BCUT2D eigenvalue weighted by Gasteiger charge is 2.47. The number of amides is 3. The number of imide groups is 1. The minimum atomic E-state index is -0.399. The summed E-state index contributed by atoms with van der Waals surface area (Å²) in [5.74, 6) is -0.964. The largest absolute Gasteiger partial charge is 0.365 e. The Labute approximate surface area is 207 Å². The Bertz CT molecular complexity index is 1210. The molecule has 9 nitrogen and oxygen atoms in total. The van der Waals surface area contributed by atoms with E-state index in [-0.39, 0.29) is 47.5 Å². The van der Waals surface area contributed by atoms with Crippen molar-refractivity contribution in [3.8, 4) is 5.69 Å². The van der Waals surface area contributed by atoms with Gasteiger partial charge in [0.25, 0.3) is 5.56 Å². The first kappa shape index (κ1) is 23.3. The molecule has 0 bridgehead atoms. The molecule has 1 aromatic carbocycles. The first-order chi connectivity index (χ1) is 17.0. The number of allylic oxidation sites excluding steroid dienone is 2. The van der Waals surface area contributed by atoms with Crippen LogP contribution in [0.5, 0.6) is 0 Å². The molecule has 2 atom stereocenters. The van der Waals surface area contributed by atoms with Crippen molar-refractivity contribution in [1.29, 1.82) is 0 Å². The molecule has 10 heteroatoms. The minimum Gasteiger partial charge on any atom is -0.365 e. The summed E-state index contributed by atoms with van der Waals surface area (Å²) in [7, 11) is 0. The van der Waals surface area contributed by atoms with E-state index in [1.807, 2.05) is 35.3 Å². The molecule has 1 aliphatic carbocycles. The molecule has 5 rings (SSSR count). The molecule has 2 saturated heterocycles. The second-order valence-electron chi connectivity index (χ2n) is 9.00. The van der Waals surface area contributed by atoms with Crippen LogP contribution in [0.3, 0.4) is 0 Å². The van der Waals surface area contributed by atoms with Crippen molar-refractivity contribution < 1.29 is 14.4 Å². The van der Waals surface area contributed by atoms with Crippen molar-refractivity contribution in [2.75, 3.05) is 37.6 Å². The topological polar surface area (TPSA) is 95.8 Å². The lowest BCUT2D eigenvalue weighted by atomic mass is 9.85. The standard InChI is InChI=1S/C25H26ClN5O4/c26-22-20(16-27-31(25(22)35)17-6-2-1-3-7-17)28-12-14-29(15-13-28)21(32)10-11-30-23(33)18-8-4-5-9-19(18)24(30)34/h1-7,16,18-19H,8-15H2/t18-,19+. The van der Waals surface area contributed by atoms with Gasteiger partial charge in [-0.15, -0.1) is 0 Å². The summed E-state index contributed by atoms with van der Waals surface area (Å²) in [5, 5.41) is 4.37. The maximum absolute atomic E-state index is 12.8. The van der Waals surface area contributed by atoms with Gasteiger partial charge in [0.05, 0.1) is 29.4 Å². The van der Waals surface area contributed by atoms with Crippen LogP contribution >= 0.6 is 11.6 Å². The van der Waals surface area contributed by atoms with Crippen LogP contribution < -0.4 is 10.5 Å². The number of carbonyl (C=O) groups excluding carboxylic acids is 3. The van der Waals surface area contributed by atoms with Crippen molar-refractivity contribution >= 4 is 35.0 Å². The van der Waals surface area contributed by atoms with Gasteiger partial charge in [-0.3, -0.25) is 24.1 Å². The van der Waals surface area contributed by atoms with Crippen molar-refractivity contribution in [3.63, 3.8) is 0 Å². The molecule has 182 valence electrons. The van der Waals surface area contributed by atoms with Gasteiger partial charge in [0.15, 0.2) is 0 Å². The van der Waals surface area contributed by atoms with Gasteiger partial charge in [-0.2, -0.15) is 9.78 Å². The number of anilines is 1. The number of likely N-dealkylation sites (tertiary alicyclic amines) is 1. The fourth-order valence-electron chi connectivity index (χ4n) is 5.05. The normalized spacial score (nSPS) is 22.0. The Morgan fingerprint density at radius 3 is 2.20 bits per heavy atom. The summed E-state index contributed by atoms with van der Waals surface area (Å²) in [6, 6.07) is 9.06. The predicted molar refractivity (Wildman–Crippen MR) is 130 cm³/mol. The van der Waals surface area contributed by atoms with E-state index < -0.39 is 5.56 Å². The van der Waals surface area contributed by atoms with Gasteiger partial charge >= 0.3 is 0 Å². The van der Waals surface area contributed by atoms with Crippen LogP contribution in [0.2, 0.25) is 5.02 Å². The number of hydrogen-bond acceptors (Lipinski definition) is 6. The van der Waals surface area contributed by atoms with E-state index in [1.165, 1.54) is 9.58 Å². The van der Waals surface area contributed by atoms with Gasteiger partial charge in [0.1, 0.15) is 5.02 Å². The summed E-state index contributed by atoms with van der Waals surface area (Å²) < 4.78 is 1.26. The first-order valence-corrected chi connectivity index (χ1v) is 12.2. The lowest BCUT2D eigenvalue weighted by Crippen LogP contribution is -2.50. The Kier molecular flexibility index (Phi) is 6.42. The molecular formula is C25H26ClN5O4. The SMILES string of the molecule is O=C(CCN1C(=O)[C@H]2CC=CC[C@H]2C1=O)N1CCN(c2cnn(-c3ccccc3)c(=O)c2Cl)CC1. The molecule has 2 aliphatic heterocycles. The Morgan fingerprint density at radius 1 is 0.943 bits per heavy atom. The van der Waals surface area contributed by atoms with Crippen LogP contribution in [-0.2, 0) is 14.4 Å². The zero-order valence-corrected chi connectivity index (χ0v) is 19.9. The average molecular weight is 496 g/mol. The van der Waals surface area contributed by atoms with Crippen LogP contribution in [-0.4, -0.2) is 70.0 Å². The molecule has 0 N–H and O–H groups in total. The van der Waals surface area contributed by atoms with Gasteiger partial charge in [-0.05, 0) is 25.0 Å². The third kappa shape index (κ3) is 4.36. The van der Waals surface area contributed by atoms with Crippen molar-refractivity contribution in [2.24, 2.45) is 11.8 Å². The highest BCUT2D eigenvalue weighted by Crippen LogP contribution is 2.35. The highest BCUT2D eigenvalue weighted by molar-refractivity contribution is 6.33. The highest BCUT2D eigenvalue weighted by atomic mass is 35.5. The third-order valence-electron chi connectivity index (χ3n) is 7.02. The van der Waals surface area contributed by atoms with Crippen LogP contribution in [0.4, 0.5) is 5.69 Å². The van der Waals surface area contributed by atoms with E-state index >= 15 is 0 Å². The zero-order chi connectivity index (χ0) is 24.5. The molecular weight excluding hydrogens is 470 g/mol. The van der Waals surface area contributed by atoms with Gasteiger partial charge in [0, 0.05) is 39.1 Å².